The van der Waals surface area contributed by atoms with Crippen LogP contribution < -0.4 is 10.1 Å². The number of rotatable bonds is 4. The molecule has 0 fully saturated rings. The van der Waals surface area contributed by atoms with Crippen LogP contribution >= 0.6 is 0 Å². The number of anilines is 1. The quantitative estimate of drug-likeness (QED) is 0.427. The molecule has 0 unspecified atom stereocenters. The van der Waals surface area contributed by atoms with E-state index in [9.17, 15) is 0 Å². The maximum atomic E-state index is 5.40. The molecule has 0 bridgehead atoms. The molecule has 0 radical (unpaired) electrons. The van der Waals surface area contributed by atoms with Gasteiger partial charge in [0, 0.05) is 23.4 Å². The van der Waals surface area contributed by atoms with E-state index in [4.69, 9.17) is 4.74 Å². The molecule has 1 aliphatic carbocycles. The van der Waals surface area contributed by atoms with Crippen LogP contribution in [0.2, 0.25) is 0 Å². The maximum Gasteiger partial charge on any atom is 0.127 e. The van der Waals surface area contributed by atoms with Crippen LogP contribution in [0.4, 0.5) is 11.4 Å². The van der Waals surface area contributed by atoms with E-state index in [-0.39, 0.29) is 0 Å². The third-order valence-electron chi connectivity index (χ3n) is 6.02. The number of hydrogen-bond acceptors (Lipinski definition) is 3. The summed E-state index contributed by atoms with van der Waals surface area (Å²) in [5.41, 5.74) is 5.90. The van der Waals surface area contributed by atoms with Gasteiger partial charge in [-0.05, 0) is 53.8 Å². The summed E-state index contributed by atoms with van der Waals surface area (Å²) < 4.78 is 5.40. The zero-order chi connectivity index (χ0) is 19.6. The van der Waals surface area contributed by atoms with Gasteiger partial charge in [0.15, 0.2) is 0 Å². The van der Waals surface area contributed by atoms with Crippen molar-refractivity contribution in [3.8, 4) is 5.75 Å². The highest BCUT2D eigenvalue weighted by Crippen LogP contribution is 2.49. The smallest absolute Gasteiger partial charge is 0.127 e. The Hall–Kier alpha value is -3.33. The minimum absolute atomic E-state index is 0.317. The molecule has 0 spiro atoms. The largest absolute Gasteiger partial charge is 0.496 e. The lowest BCUT2D eigenvalue weighted by atomic mass is 9.77. The fourth-order valence-electron chi connectivity index (χ4n) is 4.56. The Kier molecular flexibility index (Phi) is 4.65. The lowest BCUT2D eigenvalue weighted by Crippen LogP contribution is -2.28. The Labute approximate surface area is 171 Å². The first kappa shape index (κ1) is 17.7. The van der Waals surface area contributed by atoms with Crippen molar-refractivity contribution in [2.24, 2.45) is 10.9 Å². The van der Waals surface area contributed by atoms with Crippen molar-refractivity contribution < 1.29 is 4.74 Å². The summed E-state index contributed by atoms with van der Waals surface area (Å²) in [6.07, 6.45) is 7.69. The van der Waals surface area contributed by atoms with Gasteiger partial charge in [-0.2, -0.15) is 0 Å². The van der Waals surface area contributed by atoms with Gasteiger partial charge >= 0.3 is 0 Å². The molecule has 5 rings (SSSR count). The van der Waals surface area contributed by atoms with Gasteiger partial charge in [0.25, 0.3) is 0 Å². The lowest BCUT2D eigenvalue weighted by molar-refractivity contribution is 0.414. The van der Waals surface area contributed by atoms with Crippen molar-refractivity contribution in [3.63, 3.8) is 0 Å². The standard InChI is InChI=1S/C26H24N2O/c1-29-25-12-5-2-7-19(25)17-27-20-15-13-18(14-16-20)26-23-10-6-9-21(23)22-8-3-4-11-24(22)28-26/h2-9,11-17,21,23,26,28H,10H2,1H3/t21-,23+,26+/m1/s1. The molecule has 1 N–H and O–H groups in total. The fourth-order valence-corrected chi connectivity index (χ4v) is 4.56. The minimum Gasteiger partial charge on any atom is -0.496 e. The van der Waals surface area contributed by atoms with Crippen LogP contribution in [0.25, 0.3) is 0 Å². The molecule has 3 nitrogen and oxygen atoms in total. The summed E-state index contributed by atoms with van der Waals surface area (Å²) in [4.78, 5) is 4.64. The minimum atomic E-state index is 0.317. The molecule has 0 amide bonds. The van der Waals surface area contributed by atoms with Gasteiger partial charge in [0.2, 0.25) is 0 Å². The Balaban J connectivity index is 1.39. The van der Waals surface area contributed by atoms with E-state index in [1.807, 2.05) is 30.5 Å². The van der Waals surface area contributed by atoms with Crippen LogP contribution in [0, 0.1) is 5.92 Å². The molecule has 3 heteroatoms. The van der Waals surface area contributed by atoms with Crippen molar-refractivity contribution in [2.75, 3.05) is 12.4 Å². The number of fused-ring (bicyclic) bond motifs is 3. The van der Waals surface area contributed by atoms with Crippen molar-refractivity contribution in [1.82, 2.24) is 0 Å². The number of allylic oxidation sites excluding steroid dienone is 2. The monoisotopic (exact) mass is 380 g/mol. The van der Waals surface area contributed by atoms with E-state index >= 15 is 0 Å². The number of methoxy groups -OCH3 is 1. The first-order chi connectivity index (χ1) is 14.3. The predicted molar refractivity (Wildman–Crippen MR) is 119 cm³/mol. The van der Waals surface area contributed by atoms with Gasteiger partial charge in [-0.1, -0.05) is 54.6 Å². The van der Waals surface area contributed by atoms with Gasteiger partial charge in [-0.25, -0.2) is 0 Å². The second kappa shape index (κ2) is 7.59. The number of ether oxygens (including phenoxy) is 1. The molecule has 2 aliphatic rings. The van der Waals surface area contributed by atoms with Crippen LogP contribution in [0.1, 0.15) is 35.1 Å². The third kappa shape index (κ3) is 3.33. The highest BCUT2D eigenvalue weighted by atomic mass is 16.5. The summed E-state index contributed by atoms with van der Waals surface area (Å²) in [5.74, 6) is 1.89. The molecule has 29 heavy (non-hydrogen) atoms. The van der Waals surface area contributed by atoms with Gasteiger partial charge in [0.1, 0.15) is 5.75 Å². The molecule has 0 aromatic heterocycles. The van der Waals surface area contributed by atoms with E-state index in [0.29, 0.717) is 17.9 Å². The number of aliphatic imine (C=N–C) groups is 1. The highest BCUT2D eigenvalue weighted by molar-refractivity contribution is 5.85. The first-order valence-electron chi connectivity index (χ1n) is 10.1. The van der Waals surface area contributed by atoms with Gasteiger partial charge < -0.3 is 10.1 Å². The molecular formula is C26H24N2O. The summed E-state index contributed by atoms with van der Waals surface area (Å²) >= 11 is 0. The molecule has 3 aromatic rings. The van der Waals surface area contributed by atoms with Crippen molar-refractivity contribution in [3.05, 3.63) is 102 Å². The summed E-state index contributed by atoms with van der Waals surface area (Å²) in [7, 11) is 1.68. The summed E-state index contributed by atoms with van der Waals surface area (Å²) in [5, 5.41) is 3.78. The number of nitrogens with one attached hydrogen (secondary N) is 1. The second-order valence-electron chi connectivity index (χ2n) is 7.65. The molecular weight excluding hydrogens is 356 g/mol. The van der Waals surface area contributed by atoms with E-state index < -0.39 is 0 Å². The van der Waals surface area contributed by atoms with E-state index in [1.54, 1.807) is 7.11 Å². The Morgan fingerprint density at radius 3 is 2.62 bits per heavy atom. The Bertz CT molecular complexity index is 1070. The van der Waals surface area contributed by atoms with Crippen LogP contribution in [-0.2, 0) is 0 Å². The third-order valence-corrected chi connectivity index (χ3v) is 6.02. The average Bonchev–Trinajstić information content (AvgIpc) is 3.28. The topological polar surface area (TPSA) is 33.6 Å². The number of benzene rings is 3. The van der Waals surface area contributed by atoms with E-state index in [1.165, 1.54) is 16.8 Å². The van der Waals surface area contributed by atoms with Gasteiger partial charge in [-0.3, -0.25) is 4.99 Å². The predicted octanol–water partition coefficient (Wildman–Crippen LogP) is 6.27. The number of hydrogen-bond donors (Lipinski definition) is 1. The molecule has 3 aromatic carbocycles. The van der Waals surface area contributed by atoms with Crippen molar-refractivity contribution in [2.45, 2.75) is 18.4 Å². The highest BCUT2D eigenvalue weighted by Gasteiger charge is 2.37. The normalized spacial score (nSPS) is 22.2. The van der Waals surface area contributed by atoms with E-state index in [0.717, 1.165) is 23.4 Å². The Morgan fingerprint density at radius 1 is 0.966 bits per heavy atom. The Morgan fingerprint density at radius 2 is 1.76 bits per heavy atom. The maximum absolute atomic E-state index is 5.40. The first-order valence-corrected chi connectivity index (χ1v) is 10.1. The molecule has 3 atom stereocenters. The molecule has 1 aliphatic heterocycles. The summed E-state index contributed by atoms with van der Waals surface area (Å²) in [6.45, 7) is 0. The van der Waals surface area contributed by atoms with Gasteiger partial charge in [0.05, 0.1) is 18.8 Å². The van der Waals surface area contributed by atoms with Gasteiger partial charge in [-0.15, -0.1) is 0 Å². The molecule has 0 saturated carbocycles. The zero-order valence-corrected chi connectivity index (χ0v) is 16.5. The molecule has 0 saturated heterocycles. The van der Waals surface area contributed by atoms with Crippen LogP contribution in [0.5, 0.6) is 5.75 Å². The fraction of sp³-hybridized carbons (Fsp3) is 0.192. The van der Waals surface area contributed by atoms with E-state index in [2.05, 4.69) is 71.0 Å². The number of nitrogens with zero attached hydrogens (tertiary/aromatic N) is 1. The second-order valence-corrected chi connectivity index (χ2v) is 7.65. The van der Waals surface area contributed by atoms with Crippen LogP contribution in [-0.4, -0.2) is 13.3 Å². The lowest BCUT2D eigenvalue weighted by Gasteiger charge is -2.37. The van der Waals surface area contributed by atoms with Crippen LogP contribution in [0.3, 0.4) is 0 Å². The van der Waals surface area contributed by atoms with Crippen molar-refractivity contribution >= 4 is 17.6 Å². The van der Waals surface area contributed by atoms with Crippen LogP contribution in [0.15, 0.2) is 89.9 Å². The summed E-state index contributed by atoms with van der Waals surface area (Å²) in [6, 6.07) is 25.5. The molecule has 144 valence electrons. The number of para-hydroxylation sites is 2. The average molecular weight is 380 g/mol. The zero-order valence-electron chi connectivity index (χ0n) is 16.5. The molecule has 1 heterocycles. The SMILES string of the molecule is COc1ccccc1C=Nc1ccc([C@@H]2Nc3ccccc3[C@H]3C=CC[C@@H]32)cc1. The van der Waals surface area contributed by atoms with Crippen molar-refractivity contribution in [1.29, 1.82) is 0 Å².